The van der Waals surface area contributed by atoms with Crippen LogP contribution in [0.4, 0.5) is 0 Å². The molecule has 1 aliphatic carbocycles. The quantitative estimate of drug-likeness (QED) is 0.600. The summed E-state index contributed by atoms with van der Waals surface area (Å²) in [5, 5.41) is 19.2. The molecule has 1 unspecified atom stereocenters. The van der Waals surface area contributed by atoms with E-state index in [9.17, 15) is 14.7 Å². The van der Waals surface area contributed by atoms with Crippen LogP contribution in [0.5, 0.6) is 0 Å². The van der Waals surface area contributed by atoms with Gasteiger partial charge in [0.15, 0.2) is 0 Å². The van der Waals surface area contributed by atoms with Gasteiger partial charge in [-0.25, -0.2) is 4.79 Å². The van der Waals surface area contributed by atoms with Crippen molar-refractivity contribution < 1.29 is 14.9 Å². The Hall–Kier alpha value is -1.44. The standard InChI is InChI=1S/C11H14N2O5/c14-5-6-8(16)11(2-3-11)9(18-6)13-4-1-7(15)12-10(13)17/h1,4,6,8-9,14,16H,2-3,5H2,(H,12,15,17)/t6-,8?,9-/m1/s1. The Labute approximate surface area is 102 Å². The lowest BCUT2D eigenvalue weighted by atomic mass is 9.96. The molecule has 0 radical (unpaired) electrons. The number of hydrogen-bond donors (Lipinski definition) is 3. The summed E-state index contributed by atoms with van der Waals surface area (Å²) in [6, 6.07) is 1.24. The molecule has 1 aliphatic heterocycles. The predicted octanol–water partition coefficient (Wildman–Crippen LogP) is -1.43. The minimum absolute atomic E-state index is 0.294. The highest BCUT2D eigenvalue weighted by molar-refractivity contribution is 5.10. The lowest BCUT2D eigenvalue weighted by molar-refractivity contribution is -0.0491. The maximum Gasteiger partial charge on any atom is 0.330 e. The third kappa shape index (κ3) is 1.48. The molecule has 1 saturated carbocycles. The minimum Gasteiger partial charge on any atom is -0.394 e. The van der Waals surface area contributed by atoms with Crippen LogP contribution in [0.1, 0.15) is 19.1 Å². The molecule has 0 amide bonds. The number of hydrogen-bond acceptors (Lipinski definition) is 5. The van der Waals surface area contributed by atoms with Gasteiger partial charge in [0.2, 0.25) is 0 Å². The van der Waals surface area contributed by atoms with Crippen LogP contribution in [0.2, 0.25) is 0 Å². The first-order valence-electron chi connectivity index (χ1n) is 5.84. The van der Waals surface area contributed by atoms with Gasteiger partial charge in [-0.05, 0) is 12.8 Å². The average Bonchev–Trinajstić information content (AvgIpc) is 3.07. The molecule has 7 heteroatoms. The fraction of sp³-hybridized carbons (Fsp3) is 0.636. The van der Waals surface area contributed by atoms with Gasteiger partial charge in [-0.1, -0.05) is 0 Å². The highest BCUT2D eigenvalue weighted by atomic mass is 16.5. The number of H-pyrrole nitrogens is 1. The smallest absolute Gasteiger partial charge is 0.330 e. The number of aliphatic hydroxyl groups excluding tert-OH is 2. The minimum atomic E-state index is -0.786. The van der Waals surface area contributed by atoms with Gasteiger partial charge in [-0.15, -0.1) is 0 Å². The summed E-state index contributed by atoms with van der Waals surface area (Å²) in [6.07, 6.45) is 0.733. The molecular formula is C11H14N2O5. The van der Waals surface area contributed by atoms with Crippen LogP contribution < -0.4 is 11.2 Å². The van der Waals surface area contributed by atoms with Crippen molar-refractivity contribution in [1.29, 1.82) is 0 Å². The van der Waals surface area contributed by atoms with Crippen LogP contribution in [-0.4, -0.2) is 38.6 Å². The van der Waals surface area contributed by atoms with E-state index >= 15 is 0 Å². The average molecular weight is 254 g/mol. The summed E-state index contributed by atoms with van der Waals surface area (Å²) in [4.78, 5) is 24.9. The second kappa shape index (κ2) is 3.78. The van der Waals surface area contributed by atoms with Crippen molar-refractivity contribution in [3.05, 3.63) is 33.1 Å². The first-order chi connectivity index (χ1) is 8.58. The fourth-order valence-corrected chi connectivity index (χ4v) is 2.68. The lowest BCUT2D eigenvalue weighted by Crippen LogP contribution is -2.35. The highest BCUT2D eigenvalue weighted by Crippen LogP contribution is 2.62. The van der Waals surface area contributed by atoms with E-state index in [0.717, 1.165) is 12.8 Å². The molecule has 0 bridgehead atoms. The number of aromatic amines is 1. The monoisotopic (exact) mass is 254 g/mol. The summed E-state index contributed by atoms with van der Waals surface area (Å²) in [5.41, 5.74) is -1.54. The Kier molecular flexibility index (Phi) is 2.44. The zero-order valence-electron chi connectivity index (χ0n) is 9.57. The largest absolute Gasteiger partial charge is 0.394 e. The molecule has 1 aromatic heterocycles. The van der Waals surface area contributed by atoms with Crippen molar-refractivity contribution in [2.75, 3.05) is 6.61 Å². The van der Waals surface area contributed by atoms with E-state index in [4.69, 9.17) is 9.84 Å². The Morgan fingerprint density at radius 3 is 2.78 bits per heavy atom. The van der Waals surface area contributed by atoms with Crippen molar-refractivity contribution >= 4 is 0 Å². The molecule has 1 spiro atoms. The van der Waals surface area contributed by atoms with Crippen LogP contribution in [0.25, 0.3) is 0 Å². The molecule has 7 nitrogen and oxygen atoms in total. The molecule has 18 heavy (non-hydrogen) atoms. The van der Waals surface area contributed by atoms with Gasteiger partial charge >= 0.3 is 5.69 Å². The van der Waals surface area contributed by atoms with Crippen LogP contribution in [0, 0.1) is 5.41 Å². The zero-order valence-corrected chi connectivity index (χ0v) is 9.57. The van der Waals surface area contributed by atoms with Crippen molar-refractivity contribution in [2.45, 2.75) is 31.3 Å². The highest BCUT2D eigenvalue weighted by Gasteiger charge is 2.64. The Balaban J connectivity index is 2.02. The van der Waals surface area contributed by atoms with Crippen molar-refractivity contribution in [3.8, 4) is 0 Å². The number of ether oxygens (including phenoxy) is 1. The number of nitrogens with zero attached hydrogens (tertiary/aromatic N) is 1. The second-order valence-electron chi connectivity index (χ2n) is 4.90. The van der Waals surface area contributed by atoms with Crippen LogP contribution >= 0.6 is 0 Å². The van der Waals surface area contributed by atoms with Gasteiger partial charge in [-0.2, -0.15) is 0 Å². The summed E-state index contributed by atoms with van der Waals surface area (Å²) < 4.78 is 6.82. The summed E-state index contributed by atoms with van der Waals surface area (Å²) >= 11 is 0. The van der Waals surface area contributed by atoms with Gasteiger partial charge in [0, 0.05) is 17.7 Å². The molecule has 3 N–H and O–H groups in total. The summed E-state index contributed by atoms with van der Waals surface area (Å²) in [5.74, 6) is 0. The molecule has 3 rings (SSSR count). The third-order valence-corrected chi connectivity index (χ3v) is 3.85. The summed E-state index contributed by atoms with van der Waals surface area (Å²) in [7, 11) is 0. The SMILES string of the molecule is O=c1ccn([C@@H]2O[C@H](CO)C(O)C23CC3)c(=O)[nH]1. The maximum absolute atomic E-state index is 11.7. The van der Waals surface area contributed by atoms with E-state index in [-0.39, 0.29) is 6.61 Å². The Bertz CT molecular complexity index is 573. The van der Waals surface area contributed by atoms with Gasteiger partial charge in [0.05, 0.1) is 12.7 Å². The van der Waals surface area contributed by atoms with E-state index in [1.54, 1.807) is 0 Å². The van der Waals surface area contributed by atoms with Crippen LogP contribution in [0.3, 0.4) is 0 Å². The fourth-order valence-electron chi connectivity index (χ4n) is 2.68. The number of nitrogens with one attached hydrogen (secondary N) is 1. The number of rotatable bonds is 2. The van der Waals surface area contributed by atoms with Gasteiger partial charge < -0.3 is 14.9 Å². The summed E-state index contributed by atoms with van der Waals surface area (Å²) in [6.45, 7) is -0.294. The Morgan fingerprint density at radius 2 is 2.22 bits per heavy atom. The van der Waals surface area contributed by atoms with Crippen molar-refractivity contribution in [1.82, 2.24) is 9.55 Å². The molecule has 2 aliphatic rings. The van der Waals surface area contributed by atoms with Gasteiger partial charge in [-0.3, -0.25) is 14.3 Å². The van der Waals surface area contributed by atoms with Crippen LogP contribution in [0.15, 0.2) is 21.9 Å². The molecule has 2 heterocycles. The van der Waals surface area contributed by atoms with E-state index in [2.05, 4.69) is 4.98 Å². The molecule has 98 valence electrons. The van der Waals surface area contributed by atoms with Gasteiger partial charge in [0.25, 0.3) is 5.56 Å². The van der Waals surface area contributed by atoms with E-state index in [0.29, 0.717) is 0 Å². The zero-order chi connectivity index (χ0) is 12.9. The first kappa shape index (κ1) is 11.6. The number of aromatic nitrogens is 2. The topological polar surface area (TPSA) is 105 Å². The lowest BCUT2D eigenvalue weighted by Gasteiger charge is -2.20. The normalized spacial score (nSPS) is 32.9. The third-order valence-electron chi connectivity index (χ3n) is 3.85. The van der Waals surface area contributed by atoms with Crippen molar-refractivity contribution in [2.24, 2.45) is 5.41 Å². The molecule has 2 fully saturated rings. The second-order valence-corrected chi connectivity index (χ2v) is 4.90. The molecule has 1 aromatic rings. The van der Waals surface area contributed by atoms with E-state index in [1.165, 1.54) is 16.8 Å². The first-order valence-corrected chi connectivity index (χ1v) is 5.84. The Morgan fingerprint density at radius 1 is 1.50 bits per heavy atom. The van der Waals surface area contributed by atoms with E-state index in [1.807, 2.05) is 0 Å². The number of aliphatic hydroxyl groups is 2. The van der Waals surface area contributed by atoms with Crippen LogP contribution in [-0.2, 0) is 4.74 Å². The predicted molar refractivity (Wildman–Crippen MR) is 60.0 cm³/mol. The molecule has 0 aromatic carbocycles. The van der Waals surface area contributed by atoms with Crippen molar-refractivity contribution in [3.63, 3.8) is 0 Å². The van der Waals surface area contributed by atoms with E-state index < -0.39 is 35.1 Å². The molecule has 3 atom stereocenters. The maximum atomic E-state index is 11.7. The van der Waals surface area contributed by atoms with Gasteiger partial charge in [0.1, 0.15) is 12.3 Å². The molecular weight excluding hydrogens is 240 g/mol. The molecule has 1 saturated heterocycles.